The van der Waals surface area contributed by atoms with E-state index >= 15 is 0 Å². The second kappa shape index (κ2) is 6.84. The van der Waals surface area contributed by atoms with Crippen LogP contribution in [0.15, 0.2) is 6.20 Å². The molecule has 2 aliphatic heterocycles. The van der Waals surface area contributed by atoms with E-state index in [9.17, 15) is 9.18 Å². The Bertz CT molecular complexity index is 938. The van der Waals surface area contributed by atoms with Crippen LogP contribution in [0.25, 0.3) is 10.9 Å². The number of halogens is 3. The molecular weight excluding hydrogens is 408 g/mol. The highest BCUT2D eigenvalue weighted by atomic mass is 35.5. The Labute approximate surface area is 171 Å². The van der Waals surface area contributed by atoms with E-state index < -0.39 is 11.4 Å². The Balaban J connectivity index is 1.65. The first-order chi connectivity index (χ1) is 13.1. The van der Waals surface area contributed by atoms with Gasteiger partial charge in [0.05, 0.1) is 17.5 Å². The van der Waals surface area contributed by atoms with E-state index in [4.69, 9.17) is 27.9 Å². The first-order valence-electron chi connectivity index (χ1n) is 9.07. The van der Waals surface area contributed by atoms with E-state index in [1.54, 1.807) is 0 Å². The zero-order valence-electron chi connectivity index (χ0n) is 15.7. The van der Waals surface area contributed by atoms with Gasteiger partial charge in [0, 0.05) is 19.3 Å². The molecule has 10 heteroatoms. The van der Waals surface area contributed by atoms with Crippen LogP contribution in [0.3, 0.4) is 0 Å². The van der Waals surface area contributed by atoms with Gasteiger partial charge in [0.15, 0.2) is 11.0 Å². The van der Waals surface area contributed by atoms with Crippen LogP contribution in [0.4, 0.5) is 15.0 Å². The standard InChI is InChI=1S/C18H20Cl2FN5O2/c1-18(2,3)28-17(27)26-9-4-5-10(26)8-25(7-9)15-11-6-22-14(19)12(21)13(11)23-16(20)24-15/h6,9-10H,4-5,7-8H2,1-3H3/t9-,10-/m0/s1. The lowest BCUT2D eigenvalue weighted by molar-refractivity contribution is 0.0123. The van der Waals surface area contributed by atoms with Gasteiger partial charge in [-0.25, -0.2) is 19.2 Å². The number of rotatable bonds is 1. The fourth-order valence-electron chi connectivity index (χ4n) is 3.92. The number of hydrogen-bond donors (Lipinski definition) is 0. The molecule has 2 saturated heterocycles. The van der Waals surface area contributed by atoms with Crippen molar-refractivity contribution < 1.29 is 13.9 Å². The topological polar surface area (TPSA) is 71.5 Å². The maximum absolute atomic E-state index is 14.4. The van der Waals surface area contributed by atoms with Crippen molar-refractivity contribution in [2.45, 2.75) is 51.3 Å². The van der Waals surface area contributed by atoms with Crippen molar-refractivity contribution in [3.8, 4) is 0 Å². The number of carbonyl (C=O) groups excluding carboxylic acids is 1. The lowest BCUT2D eigenvalue weighted by atomic mass is 10.1. The normalized spacial score (nSPS) is 22.1. The number of pyridine rings is 1. The molecule has 1 amide bonds. The molecule has 2 aromatic rings. The molecule has 2 aliphatic rings. The maximum atomic E-state index is 14.4. The number of aromatic nitrogens is 3. The highest BCUT2D eigenvalue weighted by Gasteiger charge is 2.45. The third kappa shape index (κ3) is 3.43. The molecule has 0 radical (unpaired) electrons. The number of carbonyl (C=O) groups is 1. The molecule has 0 N–H and O–H groups in total. The summed E-state index contributed by atoms with van der Waals surface area (Å²) in [7, 11) is 0. The van der Waals surface area contributed by atoms with Crippen LogP contribution >= 0.6 is 23.2 Å². The second-order valence-corrected chi connectivity index (χ2v) is 8.82. The Morgan fingerprint density at radius 1 is 1.21 bits per heavy atom. The molecule has 0 aliphatic carbocycles. The Morgan fingerprint density at radius 2 is 1.86 bits per heavy atom. The van der Waals surface area contributed by atoms with Gasteiger partial charge in [-0.05, 0) is 45.2 Å². The summed E-state index contributed by atoms with van der Waals surface area (Å²) in [6.07, 6.45) is 2.89. The van der Waals surface area contributed by atoms with E-state index in [-0.39, 0.29) is 34.1 Å². The van der Waals surface area contributed by atoms with Gasteiger partial charge in [-0.15, -0.1) is 0 Å². The fourth-order valence-corrected chi connectivity index (χ4v) is 4.23. The lowest BCUT2D eigenvalue weighted by Crippen LogP contribution is -2.57. The van der Waals surface area contributed by atoms with Crippen LogP contribution < -0.4 is 4.90 Å². The van der Waals surface area contributed by atoms with Crippen molar-refractivity contribution in [1.29, 1.82) is 0 Å². The van der Waals surface area contributed by atoms with Crippen molar-refractivity contribution in [2.75, 3.05) is 18.0 Å². The van der Waals surface area contributed by atoms with Crippen molar-refractivity contribution in [3.05, 3.63) is 22.5 Å². The molecule has 4 rings (SSSR count). The number of ether oxygens (including phenoxy) is 1. The van der Waals surface area contributed by atoms with Crippen LogP contribution in [0, 0.1) is 5.82 Å². The number of fused-ring (bicyclic) bond motifs is 3. The number of amides is 1. The molecule has 2 fully saturated rings. The fraction of sp³-hybridized carbons (Fsp3) is 0.556. The number of piperazine rings is 1. The third-order valence-corrected chi connectivity index (χ3v) is 5.41. The van der Waals surface area contributed by atoms with Crippen molar-refractivity contribution >= 4 is 46.0 Å². The van der Waals surface area contributed by atoms with Crippen molar-refractivity contribution in [3.63, 3.8) is 0 Å². The minimum atomic E-state index is -0.722. The smallest absolute Gasteiger partial charge is 0.410 e. The van der Waals surface area contributed by atoms with Gasteiger partial charge in [0.25, 0.3) is 0 Å². The predicted octanol–water partition coefficient (Wildman–Crippen LogP) is 4.06. The van der Waals surface area contributed by atoms with Gasteiger partial charge < -0.3 is 9.64 Å². The predicted molar refractivity (Wildman–Crippen MR) is 104 cm³/mol. The Hall–Kier alpha value is -1.93. The minimum Gasteiger partial charge on any atom is -0.444 e. The SMILES string of the molecule is CC(C)(C)OC(=O)N1[C@H]2CC[C@H]1CN(c1nc(Cl)nc3c(F)c(Cl)ncc13)C2. The molecule has 2 atom stereocenters. The molecule has 150 valence electrons. The second-order valence-electron chi connectivity index (χ2n) is 8.12. The van der Waals surface area contributed by atoms with Gasteiger partial charge in [-0.3, -0.25) is 4.90 Å². The van der Waals surface area contributed by atoms with E-state index in [0.29, 0.717) is 24.3 Å². The first-order valence-corrected chi connectivity index (χ1v) is 9.83. The number of anilines is 1. The first kappa shape index (κ1) is 19.4. The molecule has 0 spiro atoms. The summed E-state index contributed by atoms with van der Waals surface area (Å²) < 4.78 is 19.9. The molecule has 2 bridgehead atoms. The molecule has 0 saturated carbocycles. The largest absolute Gasteiger partial charge is 0.444 e. The zero-order chi connectivity index (χ0) is 20.2. The van der Waals surface area contributed by atoms with Gasteiger partial charge in [-0.1, -0.05) is 11.6 Å². The summed E-state index contributed by atoms with van der Waals surface area (Å²) in [5, 5.41) is 0.116. The summed E-state index contributed by atoms with van der Waals surface area (Å²) >= 11 is 11.8. The average molecular weight is 428 g/mol. The number of hydrogen-bond acceptors (Lipinski definition) is 6. The quantitative estimate of drug-likeness (QED) is 0.504. The molecule has 2 aromatic heterocycles. The van der Waals surface area contributed by atoms with E-state index in [2.05, 4.69) is 15.0 Å². The maximum Gasteiger partial charge on any atom is 0.410 e. The highest BCUT2D eigenvalue weighted by molar-refractivity contribution is 6.30. The van der Waals surface area contributed by atoms with Crippen LogP contribution in [0.2, 0.25) is 10.4 Å². The van der Waals surface area contributed by atoms with Crippen LogP contribution in [0.1, 0.15) is 33.6 Å². The molecular formula is C18H20Cl2FN5O2. The van der Waals surface area contributed by atoms with Gasteiger partial charge >= 0.3 is 6.09 Å². The summed E-state index contributed by atoms with van der Waals surface area (Å²) in [4.78, 5) is 28.6. The third-order valence-electron chi connectivity index (χ3n) is 4.98. The molecule has 0 aromatic carbocycles. The monoisotopic (exact) mass is 427 g/mol. The van der Waals surface area contributed by atoms with Gasteiger partial charge in [-0.2, -0.15) is 4.98 Å². The average Bonchev–Trinajstić information content (AvgIpc) is 2.87. The number of nitrogens with zero attached hydrogens (tertiary/aromatic N) is 5. The summed E-state index contributed by atoms with van der Waals surface area (Å²) in [5.74, 6) is -0.223. The van der Waals surface area contributed by atoms with Crippen LogP contribution in [-0.4, -0.2) is 56.7 Å². The van der Waals surface area contributed by atoms with E-state index in [1.807, 2.05) is 30.6 Å². The minimum absolute atomic E-state index is 0.0116. The molecule has 4 heterocycles. The lowest BCUT2D eigenvalue weighted by Gasteiger charge is -2.42. The van der Waals surface area contributed by atoms with E-state index in [1.165, 1.54) is 6.20 Å². The van der Waals surface area contributed by atoms with Crippen molar-refractivity contribution in [2.24, 2.45) is 0 Å². The summed E-state index contributed by atoms with van der Waals surface area (Å²) in [6.45, 7) is 6.64. The summed E-state index contributed by atoms with van der Waals surface area (Å²) in [5.41, 5.74) is -0.510. The van der Waals surface area contributed by atoms with Gasteiger partial charge in [0.2, 0.25) is 5.28 Å². The molecule has 7 nitrogen and oxygen atoms in total. The zero-order valence-corrected chi connectivity index (χ0v) is 17.3. The Kier molecular flexibility index (Phi) is 4.74. The summed E-state index contributed by atoms with van der Waals surface area (Å²) in [6, 6.07) is -0.0232. The highest BCUT2D eigenvalue weighted by Crippen LogP contribution is 2.36. The molecule has 28 heavy (non-hydrogen) atoms. The van der Waals surface area contributed by atoms with Crippen LogP contribution in [0.5, 0.6) is 0 Å². The van der Waals surface area contributed by atoms with Crippen LogP contribution in [-0.2, 0) is 4.74 Å². The van der Waals surface area contributed by atoms with Crippen molar-refractivity contribution in [1.82, 2.24) is 19.9 Å². The Morgan fingerprint density at radius 3 is 2.46 bits per heavy atom. The molecule has 0 unspecified atom stereocenters. The van der Waals surface area contributed by atoms with E-state index in [0.717, 1.165) is 12.8 Å². The van der Waals surface area contributed by atoms with Gasteiger partial charge in [0.1, 0.15) is 16.9 Å².